The van der Waals surface area contributed by atoms with Gasteiger partial charge in [0, 0.05) is 12.2 Å². The highest BCUT2D eigenvalue weighted by Crippen LogP contribution is 2.18. The summed E-state index contributed by atoms with van der Waals surface area (Å²) in [6.45, 7) is 4.16. The summed E-state index contributed by atoms with van der Waals surface area (Å²) in [6.07, 6.45) is 1.57. The minimum absolute atomic E-state index is 0.198. The van der Waals surface area contributed by atoms with Gasteiger partial charge in [0.1, 0.15) is 5.82 Å². The second-order valence-electron chi connectivity index (χ2n) is 5.90. The predicted octanol–water partition coefficient (Wildman–Crippen LogP) is 1.46. The zero-order chi connectivity index (χ0) is 16.2. The van der Waals surface area contributed by atoms with E-state index in [0.717, 1.165) is 30.6 Å². The van der Waals surface area contributed by atoms with Crippen molar-refractivity contribution >= 4 is 17.6 Å². The van der Waals surface area contributed by atoms with E-state index in [1.54, 1.807) is 0 Å². The van der Waals surface area contributed by atoms with E-state index < -0.39 is 0 Å². The second-order valence-corrected chi connectivity index (χ2v) is 5.90. The van der Waals surface area contributed by atoms with E-state index in [1.165, 1.54) is 0 Å². The average molecular weight is 314 g/mol. The summed E-state index contributed by atoms with van der Waals surface area (Å²) < 4.78 is 0. The molecule has 1 aliphatic heterocycles. The Morgan fingerprint density at radius 3 is 2.91 bits per heavy atom. The molecule has 0 radical (unpaired) electrons. The highest BCUT2D eigenvalue weighted by atomic mass is 16.3. The van der Waals surface area contributed by atoms with Crippen LogP contribution in [0.5, 0.6) is 0 Å². The van der Waals surface area contributed by atoms with Crippen LogP contribution in [0.3, 0.4) is 0 Å². The predicted molar refractivity (Wildman–Crippen MR) is 89.2 cm³/mol. The van der Waals surface area contributed by atoms with Crippen molar-refractivity contribution in [3.05, 3.63) is 35.7 Å². The van der Waals surface area contributed by atoms with Crippen LogP contribution in [0.2, 0.25) is 0 Å². The lowest BCUT2D eigenvalue weighted by Crippen LogP contribution is -2.38. The third-order valence-electron chi connectivity index (χ3n) is 3.94. The van der Waals surface area contributed by atoms with Crippen molar-refractivity contribution in [1.82, 2.24) is 19.9 Å². The molecule has 0 saturated carbocycles. The van der Waals surface area contributed by atoms with E-state index in [0.29, 0.717) is 24.9 Å². The van der Waals surface area contributed by atoms with Gasteiger partial charge in [0.15, 0.2) is 0 Å². The summed E-state index contributed by atoms with van der Waals surface area (Å²) in [4.78, 5) is 15.0. The summed E-state index contributed by atoms with van der Waals surface area (Å²) >= 11 is 0. The molecular formula is C16H22N6O. The van der Waals surface area contributed by atoms with Gasteiger partial charge in [-0.15, -0.1) is 0 Å². The molecule has 4 N–H and O–H groups in total. The summed E-state index contributed by atoms with van der Waals surface area (Å²) in [7, 11) is 0. The van der Waals surface area contributed by atoms with E-state index in [-0.39, 0.29) is 12.1 Å². The minimum atomic E-state index is -0.271. The fourth-order valence-corrected chi connectivity index (χ4v) is 2.77. The van der Waals surface area contributed by atoms with Crippen LogP contribution < -0.4 is 11.1 Å². The molecule has 23 heavy (non-hydrogen) atoms. The summed E-state index contributed by atoms with van der Waals surface area (Å²) in [5, 5.41) is 12.9. The highest BCUT2D eigenvalue weighted by Gasteiger charge is 2.19. The third-order valence-corrected chi connectivity index (χ3v) is 3.94. The van der Waals surface area contributed by atoms with Gasteiger partial charge in [-0.3, -0.25) is 4.90 Å². The zero-order valence-corrected chi connectivity index (χ0v) is 13.2. The van der Waals surface area contributed by atoms with Crippen molar-refractivity contribution < 1.29 is 5.11 Å². The molecule has 1 saturated heterocycles. The largest absolute Gasteiger partial charge is 0.392 e. The van der Waals surface area contributed by atoms with Gasteiger partial charge in [-0.25, -0.2) is 0 Å². The molecule has 0 amide bonds. The number of hydrogen-bond donors (Lipinski definition) is 3. The Morgan fingerprint density at radius 2 is 2.13 bits per heavy atom. The number of aliphatic hydroxyl groups excluding tert-OH is 1. The van der Waals surface area contributed by atoms with E-state index in [9.17, 15) is 5.11 Å². The van der Waals surface area contributed by atoms with Crippen molar-refractivity contribution in [2.24, 2.45) is 0 Å². The van der Waals surface area contributed by atoms with E-state index in [4.69, 9.17) is 5.73 Å². The first kappa shape index (κ1) is 15.6. The SMILES string of the molecule is Cc1ccccc1Nc1nc(N)nc(CN2CCCC(O)C2)n1. The molecule has 3 rings (SSSR count). The Bertz CT molecular complexity index is 677. The number of hydrogen-bond acceptors (Lipinski definition) is 7. The standard InChI is InChI=1S/C16H22N6O/c1-11-5-2-3-7-13(11)18-16-20-14(19-15(17)21-16)10-22-8-4-6-12(23)9-22/h2-3,5,7,12,23H,4,6,8-10H2,1H3,(H3,17,18,19,20,21). The molecule has 122 valence electrons. The lowest BCUT2D eigenvalue weighted by atomic mass is 10.1. The minimum Gasteiger partial charge on any atom is -0.392 e. The van der Waals surface area contributed by atoms with Gasteiger partial charge in [0.05, 0.1) is 12.6 Å². The topological polar surface area (TPSA) is 100 Å². The fraction of sp³-hybridized carbons (Fsp3) is 0.438. The van der Waals surface area contributed by atoms with E-state index >= 15 is 0 Å². The fourth-order valence-electron chi connectivity index (χ4n) is 2.77. The summed E-state index contributed by atoms with van der Waals surface area (Å²) in [6, 6.07) is 7.92. The Morgan fingerprint density at radius 1 is 1.30 bits per heavy atom. The molecule has 1 aliphatic rings. The van der Waals surface area contributed by atoms with Gasteiger partial charge in [0.2, 0.25) is 11.9 Å². The molecular weight excluding hydrogens is 292 g/mol. The number of nitrogens with zero attached hydrogens (tertiary/aromatic N) is 4. The molecule has 1 unspecified atom stereocenters. The first-order chi connectivity index (χ1) is 11.1. The molecule has 2 aromatic rings. The summed E-state index contributed by atoms with van der Waals surface area (Å²) in [5.74, 6) is 1.26. The second kappa shape index (κ2) is 6.89. The molecule has 0 bridgehead atoms. The number of nitrogens with one attached hydrogen (secondary N) is 1. The number of para-hydroxylation sites is 1. The van der Waals surface area contributed by atoms with Gasteiger partial charge in [-0.1, -0.05) is 18.2 Å². The molecule has 2 heterocycles. The first-order valence-corrected chi connectivity index (χ1v) is 7.83. The van der Waals surface area contributed by atoms with E-state index in [1.807, 2.05) is 31.2 Å². The molecule has 1 aromatic carbocycles. The quantitative estimate of drug-likeness (QED) is 0.785. The van der Waals surface area contributed by atoms with Crippen LogP contribution in [0, 0.1) is 6.92 Å². The number of benzene rings is 1. The van der Waals surface area contributed by atoms with Gasteiger partial charge in [-0.2, -0.15) is 15.0 Å². The van der Waals surface area contributed by atoms with Crippen LogP contribution in [0.1, 0.15) is 24.2 Å². The maximum absolute atomic E-state index is 9.76. The number of aryl methyl sites for hydroxylation is 1. The first-order valence-electron chi connectivity index (χ1n) is 7.83. The van der Waals surface area contributed by atoms with Gasteiger partial charge in [-0.05, 0) is 37.9 Å². The maximum atomic E-state index is 9.76. The Hall–Kier alpha value is -2.25. The lowest BCUT2D eigenvalue weighted by Gasteiger charge is -2.29. The number of aliphatic hydroxyl groups is 1. The van der Waals surface area contributed by atoms with Crippen LogP contribution in [-0.4, -0.2) is 44.2 Å². The molecule has 1 atom stereocenters. The average Bonchev–Trinajstić information content (AvgIpc) is 2.49. The number of piperidine rings is 1. The van der Waals surface area contributed by atoms with Crippen molar-refractivity contribution in [3.8, 4) is 0 Å². The van der Waals surface area contributed by atoms with E-state index in [2.05, 4.69) is 25.2 Å². The smallest absolute Gasteiger partial charge is 0.232 e. The van der Waals surface area contributed by atoms with Crippen molar-refractivity contribution in [2.45, 2.75) is 32.4 Å². The van der Waals surface area contributed by atoms with Gasteiger partial charge < -0.3 is 16.2 Å². The van der Waals surface area contributed by atoms with Crippen LogP contribution in [0.25, 0.3) is 0 Å². The molecule has 0 aliphatic carbocycles. The van der Waals surface area contributed by atoms with Crippen LogP contribution in [0.4, 0.5) is 17.6 Å². The van der Waals surface area contributed by atoms with Crippen molar-refractivity contribution in [1.29, 1.82) is 0 Å². The lowest BCUT2D eigenvalue weighted by molar-refractivity contribution is 0.0655. The zero-order valence-electron chi connectivity index (χ0n) is 13.2. The van der Waals surface area contributed by atoms with Crippen LogP contribution in [-0.2, 0) is 6.54 Å². The number of rotatable bonds is 4. The number of aromatic nitrogens is 3. The normalized spacial score (nSPS) is 18.8. The van der Waals surface area contributed by atoms with Crippen molar-refractivity contribution in [3.63, 3.8) is 0 Å². The molecule has 1 aromatic heterocycles. The molecule has 7 nitrogen and oxygen atoms in total. The van der Waals surface area contributed by atoms with Crippen LogP contribution >= 0.6 is 0 Å². The maximum Gasteiger partial charge on any atom is 0.232 e. The number of anilines is 3. The third kappa shape index (κ3) is 4.14. The number of likely N-dealkylation sites (tertiary alicyclic amines) is 1. The Labute approximate surface area is 135 Å². The van der Waals surface area contributed by atoms with Gasteiger partial charge >= 0.3 is 0 Å². The Kier molecular flexibility index (Phi) is 4.68. The molecule has 7 heteroatoms. The number of nitrogen functional groups attached to an aromatic ring is 1. The Balaban J connectivity index is 1.75. The van der Waals surface area contributed by atoms with Crippen LogP contribution in [0.15, 0.2) is 24.3 Å². The number of β-amino-alcohol motifs (C(OH)–C–C–N with tert-alkyl or cyclic N) is 1. The number of nitrogens with two attached hydrogens (primary N) is 1. The van der Waals surface area contributed by atoms with Crippen molar-refractivity contribution in [2.75, 3.05) is 24.1 Å². The summed E-state index contributed by atoms with van der Waals surface area (Å²) in [5.41, 5.74) is 7.86. The molecule has 0 spiro atoms. The van der Waals surface area contributed by atoms with Gasteiger partial charge in [0.25, 0.3) is 0 Å². The monoisotopic (exact) mass is 314 g/mol. The highest BCUT2D eigenvalue weighted by molar-refractivity contribution is 5.58. The molecule has 1 fully saturated rings.